The number of hydrogen-bond donors (Lipinski definition) is 1. The summed E-state index contributed by atoms with van der Waals surface area (Å²) in [5.41, 5.74) is 0.719. The van der Waals surface area contributed by atoms with Gasteiger partial charge < -0.3 is 5.32 Å². The summed E-state index contributed by atoms with van der Waals surface area (Å²) in [6.07, 6.45) is 2.82. The number of likely N-dealkylation sites (tertiary alicyclic amines) is 1. The first-order chi connectivity index (χ1) is 6.51. The third-order valence-corrected chi connectivity index (χ3v) is 3.74. The Balaban J connectivity index is 1.69. The third kappa shape index (κ3) is 1.82. The Bertz CT molecular complexity index is 196. The zero-order valence-corrected chi connectivity index (χ0v) is 10.0. The Morgan fingerprint density at radius 3 is 2.14 bits per heavy atom. The molecule has 14 heavy (non-hydrogen) atoms. The van der Waals surface area contributed by atoms with Crippen LogP contribution in [-0.2, 0) is 0 Å². The maximum absolute atomic E-state index is 3.63. The smallest absolute Gasteiger partial charge is 0.00819 e. The number of hydrogen-bond acceptors (Lipinski definition) is 2. The van der Waals surface area contributed by atoms with Gasteiger partial charge in [0.2, 0.25) is 0 Å². The van der Waals surface area contributed by atoms with E-state index in [0.717, 1.165) is 17.5 Å². The van der Waals surface area contributed by atoms with E-state index in [2.05, 4.69) is 37.9 Å². The molecule has 1 N–H and O–H groups in total. The van der Waals surface area contributed by atoms with Crippen LogP contribution in [0.15, 0.2) is 0 Å². The van der Waals surface area contributed by atoms with Gasteiger partial charge in [-0.15, -0.1) is 0 Å². The van der Waals surface area contributed by atoms with Crippen LogP contribution in [0, 0.1) is 5.41 Å². The maximum Gasteiger partial charge on any atom is 0.00819 e. The second kappa shape index (κ2) is 3.49. The van der Waals surface area contributed by atoms with E-state index in [0.29, 0.717) is 6.04 Å². The molecule has 0 aromatic heterocycles. The van der Waals surface area contributed by atoms with E-state index in [9.17, 15) is 0 Å². The normalized spacial score (nSPS) is 27.0. The molecule has 1 heterocycles. The van der Waals surface area contributed by atoms with Crippen LogP contribution < -0.4 is 5.32 Å². The number of nitrogens with zero attached hydrogens (tertiary/aromatic N) is 1. The summed E-state index contributed by atoms with van der Waals surface area (Å²) in [6, 6.07) is 2.21. The second-order valence-corrected chi connectivity index (χ2v) is 5.93. The summed E-state index contributed by atoms with van der Waals surface area (Å²) in [5.74, 6) is 0. The highest BCUT2D eigenvalue weighted by atomic mass is 15.2. The Morgan fingerprint density at radius 2 is 1.71 bits per heavy atom. The molecule has 2 heteroatoms. The van der Waals surface area contributed by atoms with E-state index in [-0.39, 0.29) is 0 Å². The molecule has 1 aliphatic heterocycles. The molecule has 2 fully saturated rings. The molecule has 2 rings (SSSR count). The van der Waals surface area contributed by atoms with E-state index in [1.807, 2.05) is 0 Å². The van der Waals surface area contributed by atoms with Crippen molar-refractivity contribution in [2.24, 2.45) is 5.41 Å². The van der Waals surface area contributed by atoms with Gasteiger partial charge in [0.15, 0.2) is 0 Å². The first kappa shape index (κ1) is 10.4. The van der Waals surface area contributed by atoms with Gasteiger partial charge >= 0.3 is 0 Å². The third-order valence-electron chi connectivity index (χ3n) is 3.74. The molecule has 0 atom stereocenters. The predicted molar refractivity (Wildman–Crippen MR) is 60.4 cm³/mol. The fourth-order valence-corrected chi connectivity index (χ4v) is 3.01. The van der Waals surface area contributed by atoms with E-state index in [1.165, 1.54) is 25.9 Å². The van der Waals surface area contributed by atoms with Crippen LogP contribution in [0.2, 0.25) is 0 Å². The molecular formula is C12H24N2. The highest BCUT2D eigenvalue weighted by Crippen LogP contribution is 2.48. The lowest BCUT2D eigenvalue weighted by Crippen LogP contribution is -2.67. The van der Waals surface area contributed by atoms with E-state index in [1.54, 1.807) is 0 Å². The zero-order chi connectivity index (χ0) is 10.3. The number of nitrogens with one attached hydrogen (secondary N) is 1. The lowest BCUT2D eigenvalue weighted by atomic mass is 9.60. The molecule has 1 saturated heterocycles. The Labute approximate surface area is 88.1 Å². The summed E-state index contributed by atoms with van der Waals surface area (Å²) >= 11 is 0. The zero-order valence-electron chi connectivity index (χ0n) is 10.0. The Kier molecular flexibility index (Phi) is 2.61. The highest BCUT2D eigenvalue weighted by molar-refractivity contribution is 5.07. The molecule has 1 saturated carbocycles. The van der Waals surface area contributed by atoms with Gasteiger partial charge in [-0.25, -0.2) is 0 Å². The van der Waals surface area contributed by atoms with Gasteiger partial charge in [-0.1, -0.05) is 13.8 Å². The van der Waals surface area contributed by atoms with Gasteiger partial charge in [-0.3, -0.25) is 4.90 Å². The topological polar surface area (TPSA) is 15.3 Å². The molecule has 1 spiro atoms. The van der Waals surface area contributed by atoms with Gasteiger partial charge in [0.1, 0.15) is 0 Å². The van der Waals surface area contributed by atoms with Gasteiger partial charge in [0.25, 0.3) is 0 Å². The van der Waals surface area contributed by atoms with Crippen molar-refractivity contribution in [2.75, 3.05) is 13.1 Å². The van der Waals surface area contributed by atoms with Gasteiger partial charge in [0, 0.05) is 31.2 Å². The minimum Gasteiger partial charge on any atom is -0.312 e. The minimum absolute atomic E-state index is 0.652. The molecule has 0 aromatic carbocycles. The van der Waals surface area contributed by atoms with Crippen LogP contribution >= 0.6 is 0 Å². The van der Waals surface area contributed by atoms with Crippen molar-refractivity contribution in [2.45, 2.75) is 58.7 Å². The second-order valence-electron chi connectivity index (χ2n) is 5.93. The van der Waals surface area contributed by atoms with Gasteiger partial charge in [-0.05, 0) is 32.1 Å². The first-order valence-corrected chi connectivity index (χ1v) is 6.01. The largest absolute Gasteiger partial charge is 0.312 e. The van der Waals surface area contributed by atoms with E-state index >= 15 is 0 Å². The highest BCUT2D eigenvalue weighted by Gasteiger charge is 2.52. The number of rotatable bonds is 3. The van der Waals surface area contributed by atoms with Crippen LogP contribution in [0.3, 0.4) is 0 Å². The molecule has 2 nitrogen and oxygen atoms in total. The van der Waals surface area contributed by atoms with Gasteiger partial charge in [-0.2, -0.15) is 0 Å². The molecule has 2 aliphatic rings. The summed E-state index contributed by atoms with van der Waals surface area (Å²) in [5, 5.41) is 3.63. The van der Waals surface area contributed by atoms with Crippen LogP contribution in [0.5, 0.6) is 0 Å². The fraction of sp³-hybridized carbons (Fsp3) is 1.00. The van der Waals surface area contributed by atoms with E-state index < -0.39 is 0 Å². The average Bonchev–Trinajstić information content (AvgIpc) is 1.89. The van der Waals surface area contributed by atoms with Gasteiger partial charge in [0.05, 0.1) is 0 Å². The Hall–Kier alpha value is -0.0800. The predicted octanol–water partition coefficient (Wildman–Crippen LogP) is 1.86. The quantitative estimate of drug-likeness (QED) is 0.741. The van der Waals surface area contributed by atoms with Crippen LogP contribution in [0.4, 0.5) is 0 Å². The summed E-state index contributed by atoms with van der Waals surface area (Å²) in [6.45, 7) is 11.8. The fourth-order valence-electron chi connectivity index (χ4n) is 3.01. The van der Waals surface area contributed by atoms with Crippen molar-refractivity contribution < 1.29 is 0 Å². The minimum atomic E-state index is 0.652. The molecule has 0 aromatic rings. The van der Waals surface area contributed by atoms with Crippen molar-refractivity contribution in [3.05, 3.63) is 0 Å². The maximum atomic E-state index is 3.63. The average molecular weight is 196 g/mol. The van der Waals surface area contributed by atoms with Crippen molar-refractivity contribution in [3.8, 4) is 0 Å². The molecular weight excluding hydrogens is 172 g/mol. The van der Waals surface area contributed by atoms with E-state index in [4.69, 9.17) is 0 Å². The van der Waals surface area contributed by atoms with Crippen LogP contribution in [0.1, 0.15) is 40.5 Å². The van der Waals surface area contributed by atoms with Crippen LogP contribution in [0.25, 0.3) is 0 Å². The Morgan fingerprint density at radius 1 is 1.14 bits per heavy atom. The van der Waals surface area contributed by atoms with Crippen molar-refractivity contribution in [1.29, 1.82) is 0 Å². The molecule has 0 unspecified atom stereocenters. The standard InChI is InChI=1S/C12H24N2/c1-9(2)13-11-5-12(6-11)7-14(8-12)10(3)4/h9-11,13H,5-8H2,1-4H3. The lowest BCUT2D eigenvalue weighted by molar-refractivity contribution is -0.0939. The molecule has 0 amide bonds. The molecule has 82 valence electrons. The van der Waals surface area contributed by atoms with Crippen LogP contribution in [-0.4, -0.2) is 36.1 Å². The summed E-state index contributed by atoms with van der Waals surface area (Å²) < 4.78 is 0. The van der Waals surface area contributed by atoms with Crippen molar-refractivity contribution >= 4 is 0 Å². The summed E-state index contributed by atoms with van der Waals surface area (Å²) in [4.78, 5) is 2.59. The molecule has 1 aliphatic carbocycles. The first-order valence-electron chi connectivity index (χ1n) is 6.01. The monoisotopic (exact) mass is 196 g/mol. The molecule has 0 bridgehead atoms. The molecule has 0 radical (unpaired) electrons. The SMILES string of the molecule is CC(C)NC1CC2(C1)CN(C(C)C)C2. The van der Waals surface area contributed by atoms with Crippen molar-refractivity contribution in [3.63, 3.8) is 0 Å². The van der Waals surface area contributed by atoms with Crippen molar-refractivity contribution in [1.82, 2.24) is 10.2 Å². The lowest BCUT2D eigenvalue weighted by Gasteiger charge is -2.61. The summed E-state index contributed by atoms with van der Waals surface area (Å²) in [7, 11) is 0.